The van der Waals surface area contributed by atoms with E-state index in [-0.39, 0.29) is 11.6 Å². The fourth-order valence-electron chi connectivity index (χ4n) is 2.58. The Morgan fingerprint density at radius 1 is 1.20 bits per heavy atom. The summed E-state index contributed by atoms with van der Waals surface area (Å²) >= 11 is 3.37. The van der Waals surface area contributed by atoms with E-state index in [0.717, 1.165) is 10.0 Å². The minimum absolute atomic E-state index is 0.0459. The number of rotatable bonds is 4. The van der Waals surface area contributed by atoms with E-state index in [1.54, 1.807) is 12.1 Å². The number of benzene rings is 2. The Hall–Kier alpha value is -2.60. The number of methoxy groups -OCH3 is 1. The number of ether oxygens (including phenoxy) is 1. The molecular weight excluding hydrogens is 386 g/mol. The van der Waals surface area contributed by atoms with Crippen LogP contribution in [0.1, 0.15) is 28.9 Å². The van der Waals surface area contributed by atoms with Crippen molar-refractivity contribution in [2.75, 3.05) is 7.11 Å². The highest BCUT2D eigenvalue weighted by atomic mass is 79.9. The SMILES string of the molecule is COc1cc(Br)cc2cc(C(=O)N[C@H](C)c3ccccc3)c(=O)oc12. The standard InChI is InChI=1S/C19H16BrNO4/c1-11(12-6-4-3-5-7-12)21-18(22)15-9-13-8-14(20)10-16(24-2)17(13)25-19(15)23/h3-11H,1-2H3,(H,21,22)/t11-/m1/s1. The summed E-state index contributed by atoms with van der Waals surface area (Å²) in [5.41, 5.74) is 0.509. The van der Waals surface area contributed by atoms with E-state index in [1.807, 2.05) is 37.3 Å². The van der Waals surface area contributed by atoms with Crippen molar-refractivity contribution in [3.8, 4) is 5.75 Å². The largest absolute Gasteiger partial charge is 0.493 e. The second kappa shape index (κ2) is 7.11. The van der Waals surface area contributed by atoms with Crippen molar-refractivity contribution in [2.45, 2.75) is 13.0 Å². The molecule has 0 aliphatic carbocycles. The summed E-state index contributed by atoms with van der Waals surface area (Å²) in [4.78, 5) is 24.8. The number of fused-ring (bicyclic) bond motifs is 1. The minimum atomic E-state index is -0.703. The van der Waals surface area contributed by atoms with Gasteiger partial charge in [-0.3, -0.25) is 4.79 Å². The molecule has 0 fully saturated rings. The van der Waals surface area contributed by atoms with Crippen LogP contribution in [0.4, 0.5) is 0 Å². The third-order valence-electron chi connectivity index (χ3n) is 3.87. The van der Waals surface area contributed by atoms with Crippen molar-refractivity contribution >= 4 is 32.8 Å². The zero-order valence-corrected chi connectivity index (χ0v) is 15.3. The summed E-state index contributed by atoms with van der Waals surface area (Å²) in [6, 6.07) is 14.3. The highest BCUT2D eigenvalue weighted by Crippen LogP contribution is 2.29. The van der Waals surface area contributed by atoms with Crippen LogP contribution in [0.25, 0.3) is 11.0 Å². The number of carbonyl (C=O) groups is 1. The van der Waals surface area contributed by atoms with Crippen LogP contribution in [0.3, 0.4) is 0 Å². The Kier molecular flexibility index (Phi) is 4.90. The smallest absolute Gasteiger partial charge is 0.349 e. The van der Waals surface area contributed by atoms with Gasteiger partial charge in [0.2, 0.25) is 0 Å². The monoisotopic (exact) mass is 401 g/mol. The van der Waals surface area contributed by atoms with Gasteiger partial charge in [-0.15, -0.1) is 0 Å². The summed E-state index contributed by atoms with van der Waals surface area (Å²) in [7, 11) is 1.49. The van der Waals surface area contributed by atoms with Gasteiger partial charge in [-0.05, 0) is 30.7 Å². The Labute approximate surface area is 152 Å². The third kappa shape index (κ3) is 3.58. The van der Waals surface area contributed by atoms with Crippen molar-refractivity contribution in [1.82, 2.24) is 5.32 Å². The molecule has 2 aromatic carbocycles. The average Bonchev–Trinajstić information content (AvgIpc) is 2.61. The van der Waals surface area contributed by atoms with E-state index >= 15 is 0 Å². The van der Waals surface area contributed by atoms with Crippen molar-refractivity contribution in [3.05, 3.63) is 74.6 Å². The first-order valence-electron chi connectivity index (χ1n) is 7.67. The van der Waals surface area contributed by atoms with Gasteiger partial charge in [0, 0.05) is 9.86 Å². The maximum atomic E-state index is 12.5. The number of hydrogen-bond donors (Lipinski definition) is 1. The lowest BCUT2D eigenvalue weighted by atomic mass is 10.1. The van der Waals surface area contributed by atoms with Crippen LogP contribution >= 0.6 is 15.9 Å². The lowest BCUT2D eigenvalue weighted by Gasteiger charge is -2.14. The molecule has 0 aliphatic rings. The summed E-state index contributed by atoms with van der Waals surface area (Å²) in [6.45, 7) is 1.86. The van der Waals surface area contributed by atoms with Gasteiger partial charge in [0.25, 0.3) is 5.91 Å². The van der Waals surface area contributed by atoms with E-state index in [2.05, 4.69) is 21.2 Å². The number of halogens is 1. The molecule has 0 bridgehead atoms. The van der Waals surface area contributed by atoms with Gasteiger partial charge in [0.1, 0.15) is 5.56 Å². The van der Waals surface area contributed by atoms with Gasteiger partial charge in [0.15, 0.2) is 11.3 Å². The molecule has 6 heteroatoms. The number of nitrogens with one attached hydrogen (secondary N) is 1. The molecule has 0 radical (unpaired) electrons. The molecule has 0 spiro atoms. The molecule has 0 aliphatic heterocycles. The van der Waals surface area contributed by atoms with Gasteiger partial charge in [-0.2, -0.15) is 0 Å². The normalized spacial score (nSPS) is 12.0. The number of carbonyl (C=O) groups excluding carboxylic acids is 1. The van der Waals surface area contributed by atoms with Crippen LogP contribution < -0.4 is 15.7 Å². The lowest BCUT2D eigenvalue weighted by molar-refractivity contribution is 0.0936. The Morgan fingerprint density at radius 3 is 2.60 bits per heavy atom. The summed E-state index contributed by atoms with van der Waals surface area (Å²) in [5, 5.41) is 3.42. The first-order valence-corrected chi connectivity index (χ1v) is 8.46. The molecule has 1 aromatic heterocycles. The average molecular weight is 402 g/mol. The van der Waals surface area contributed by atoms with Crippen LogP contribution in [0.5, 0.6) is 5.75 Å². The molecular formula is C19H16BrNO4. The molecule has 0 unspecified atom stereocenters. The topological polar surface area (TPSA) is 68.5 Å². The molecule has 1 amide bonds. The van der Waals surface area contributed by atoms with Crippen LogP contribution in [0.2, 0.25) is 0 Å². The third-order valence-corrected chi connectivity index (χ3v) is 4.33. The first kappa shape index (κ1) is 17.2. The first-order chi connectivity index (χ1) is 12.0. The van der Waals surface area contributed by atoms with Crippen molar-refractivity contribution in [3.63, 3.8) is 0 Å². The van der Waals surface area contributed by atoms with Crippen LogP contribution in [-0.4, -0.2) is 13.0 Å². The lowest BCUT2D eigenvalue weighted by Crippen LogP contribution is -2.30. The molecule has 5 nitrogen and oxygen atoms in total. The molecule has 1 heterocycles. The van der Waals surface area contributed by atoms with E-state index in [0.29, 0.717) is 16.7 Å². The van der Waals surface area contributed by atoms with Crippen molar-refractivity contribution < 1.29 is 13.9 Å². The molecule has 0 saturated carbocycles. The van der Waals surface area contributed by atoms with E-state index in [4.69, 9.17) is 9.15 Å². The Bertz CT molecular complexity index is 982. The molecule has 3 aromatic rings. The van der Waals surface area contributed by atoms with E-state index in [1.165, 1.54) is 13.2 Å². The quantitative estimate of drug-likeness (QED) is 0.669. The van der Waals surface area contributed by atoms with Crippen LogP contribution in [0, 0.1) is 0 Å². The second-order valence-electron chi connectivity index (χ2n) is 5.58. The van der Waals surface area contributed by atoms with Crippen LogP contribution in [0.15, 0.2) is 62.2 Å². The summed E-state index contributed by atoms with van der Waals surface area (Å²) < 4.78 is 11.3. The van der Waals surface area contributed by atoms with Gasteiger partial charge < -0.3 is 14.5 Å². The highest BCUT2D eigenvalue weighted by molar-refractivity contribution is 9.10. The van der Waals surface area contributed by atoms with Gasteiger partial charge in [-0.25, -0.2) is 4.79 Å². The highest BCUT2D eigenvalue weighted by Gasteiger charge is 2.18. The zero-order valence-electron chi connectivity index (χ0n) is 13.7. The molecule has 128 valence electrons. The number of amides is 1. The molecule has 3 rings (SSSR count). The molecule has 25 heavy (non-hydrogen) atoms. The van der Waals surface area contributed by atoms with Crippen molar-refractivity contribution in [2.24, 2.45) is 0 Å². The van der Waals surface area contributed by atoms with Gasteiger partial charge >= 0.3 is 5.63 Å². The zero-order chi connectivity index (χ0) is 18.0. The Morgan fingerprint density at radius 2 is 1.92 bits per heavy atom. The minimum Gasteiger partial charge on any atom is -0.493 e. The van der Waals surface area contributed by atoms with Crippen molar-refractivity contribution in [1.29, 1.82) is 0 Å². The second-order valence-corrected chi connectivity index (χ2v) is 6.50. The number of hydrogen-bond acceptors (Lipinski definition) is 4. The summed E-state index contributed by atoms with van der Waals surface area (Å²) in [5.74, 6) is -0.0583. The molecule has 1 atom stereocenters. The maximum absolute atomic E-state index is 12.5. The molecule has 0 saturated heterocycles. The Balaban J connectivity index is 1.96. The fraction of sp³-hybridized carbons (Fsp3) is 0.158. The fourth-order valence-corrected chi connectivity index (χ4v) is 3.03. The summed E-state index contributed by atoms with van der Waals surface area (Å²) in [6.07, 6.45) is 0. The van der Waals surface area contributed by atoms with E-state index in [9.17, 15) is 9.59 Å². The van der Waals surface area contributed by atoms with Crippen LogP contribution in [-0.2, 0) is 0 Å². The predicted molar refractivity (Wildman–Crippen MR) is 99.1 cm³/mol. The molecule has 1 N–H and O–H groups in total. The predicted octanol–water partition coefficient (Wildman–Crippen LogP) is 4.06. The van der Waals surface area contributed by atoms with E-state index < -0.39 is 11.5 Å². The van der Waals surface area contributed by atoms with Gasteiger partial charge in [-0.1, -0.05) is 46.3 Å². The maximum Gasteiger partial charge on any atom is 0.349 e. The van der Waals surface area contributed by atoms with Gasteiger partial charge in [0.05, 0.1) is 13.2 Å².